The van der Waals surface area contributed by atoms with Gasteiger partial charge in [0.1, 0.15) is 59.1 Å². The topological polar surface area (TPSA) is 267 Å². The molecular formula is C44H48N12O8. The Morgan fingerprint density at radius 2 is 1.08 bits per heavy atom. The van der Waals surface area contributed by atoms with E-state index >= 15 is 0 Å². The number of anilines is 6. The lowest BCUT2D eigenvalue weighted by Crippen LogP contribution is -2.34. The Morgan fingerprint density at radius 1 is 0.641 bits per heavy atom. The number of carbonyl (C=O) groups excluding carboxylic acids is 2. The van der Waals surface area contributed by atoms with Gasteiger partial charge in [0.05, 0.1) is 37.8 Å². The predicted molar refractivity (Wildman–Crippen MR) is 240 cm³/mol. The second-order valence-corrected chi connectivity index (χ2v) is 16.4. The fourth-order valence-corrected chi connectivity index (χ4v) is 7.88. The highest BCUT2D eigenvalue weighted by Gasteiger charge is 2.35. The van der Waals surface area contributed by atoms with Gasteiger partial charge in [-0.05, 0) is 73.9 Å². The van der Waals surface area contributed by atoms with Crippen LogP contribution in [-0.2, 0) is 18.9 Å². The highest BCUT2D eigenvalue weighted by atomic mass is 16.6. The molecule has 10 heterocycles. The molecule has 6 aromatic heterocycles. The quantitative estimate of drug-likeness (QED) is 0.108. The molecule has 332 valence electrons. The molecule has 2 atom stereocenters. The summed E-state index contributed by atoms with van der Waals surface area (Å²) in [6, 6.07) is 7.29. The van der Waals surface area contributed by atoms with Crippen LogP contribution in [0.4, 0.5) is 44.2 Å². The molecule has 20 nitrogen and oxygen atoms in total. The number of nitrogens with zero attached hydrogens (tertiary/aromatic N) is 6. The summed E-state index contributed by atoms with van der Waals surface area (Å²) >= 11 is 0. The Morgan fingerprint density at radius 3 is 1.48 bits per heavy atom. The normalized spacial score (nSPS) is 19.7. The van der Waals surface area contributed by atoms with Crippen LogP contribution in [0.25, 0.3) is 44.1 Å². The summed E-state index contributed by atoms with van der Waals surface area (Å²) in [6.07, 6.45) is 6.81. The minimum atomic E-state index is -0.628. The van der Waals surface area contributed by atoms with Gasteiger partial charge in [0.2, 0.25) is 11.8 Å². The fourth-order valence-electron chi connectivity index (χ4n) is 7.88. The van der Waals surface area contributed by atoms with E-state index in [-0.39, 0.29) is 0 Å². The molecule has 0 spiro atoms. The molecule has 2 amide bonds. The second kappa shape index (κ2) is 17.1. The molecule has 4 aliphatic heterocycles. The molecule has 4 aliphatic rings. The van der Waals surface area contributed by atoms with Gasteiger partial charge in [0, 0.05) is 72.6 Å². The van der Waals surface area contributed by atoms with Gasteiger partial charge in [-0.3, -0.25) is 10.6 Å². The maximum atomic E-state index is 12.4. The molecule has 20 heteroatoms. The predicted octanol–water partition coefficient (Wildman–Crippen LogP) is 6.23. The SMILES string of the molecule is Cc1c(-c2cc3cc(NC(=O)O[C@@]4(C)CCOC4)ncc3c(N)n2)cnc2c1NCCO2.Cc1c(-c2cc3cc(NC(=O)O[C@]4(C)CCOC4)ncc3c(N)n2)cnc2c1NCCO2. The molecule has 2 saturated heterocycles. The first-order valence-electron chi connectivity index (χ1n) is 20.8. The van der Waals surface area contributed by atoms with Crippen LogP contribution in [-0.4, -0.2) is 106 Å². The minimum Gasteiger partial charge on any atom is -0.474 e. The van der Waals surface area contributed by atoms with E-state index in [0.29, 0.717) is 123 Å². The van der Waals surface area contributed by atoms with Crippen LogP contribution in [0.5, 0.6) is 11.8 Å². The molecule has 2 fully saturated rings. The third-order valence-corrected chi connectivity index (χ3v) is 11.4. The van der Waals surface area contributed by atoms with Crippen molar-refractivity contribution in [2.45, 2.75) is 51.7 Å². The van der Waals surface area contributed by atoms with Crippen LogP contribution in [0.3, 0.4) is 0 Å². The van der Waals surface area contributed by atoms with Crippen molar-refractivity contribution in [3.8, 4) is 34.3 Å². The van der Waals surface area contributed by atoms with Crippen LogP contribution < -0.4 is 42.2 Å². The van der Waals surface area contributed by atoms with Crippen LogP contribution >= 0.6 is 0 Å². The van der Waals surface area contributed by atoms with E-state index in [0.717, 1.165) is 44.4 Å². The average molecular weight is 873 g/mol. The summed E-state index contributed by atoms with van der Waals surface area (Å²) in [5.41, 5.74) is 17.9. The molecule has 64 heavy (non-hydrogen) atoms. The number of rotatable bonds is 6. The number of nitrogens with one attached hydrogen (secondary N) is 4. The maximum Gasteiger partial charge on any atom is 0.413 e. The van der Waals surface area contributed by atoms with Crippen molar-refractivity contribution in [1.82, 2.24) is 29.9 Å². The number of nitrogens with two attached hydrogens (primary N) is 2. The molecule has 0 unspecified atom stereocenters. The smallest absolute Gasteiger partial charge is 0.413 e. The number of amides is 2. The number of carbonyl (C=O) groups is 2. The van der Waals surface area contributed by atoms with Crippen LogP contribution in [0, 0.1) is 13.8 Å². The van der Waals surface area contributed by atoms with E-state index in [4.69, 9.17) is 39.9 Å². The van der Waals surface area contributed by atoms with E-state index in [9.17, 15) is 9.59 Å². The van der Waals surface area contributed by atoms with Crippen molar-refractivity contribution < 1.29 is 38.0 Å². The first kappa shape index (κ1) is 42.0. The molecule has 0 radical (unpaired) electrons. The van der Waals surface area contributed by atoms with Gasteiger partial charge in [-0.15, -0.1) is 0 Å². The largest absolute Gasteiger partial charge is 0.474 e. The van der Waals surface area contributed by atoms with Crippen molar-refractivity contribution >= 4 is 68.4 Å². The van der Waals surface area contributed by atoms with Gasteiger partial charge in [-0.2, -0.15) is 0 Å². The first-order valence-corrected chi connectivity index (χ1v) is 20.8. The van der Waals surface area contributed by atoms with Gasteiger partial charge < -0.3 is 50.5 Å². The average Bonchev–Trinajstić information content (AvgIpc) is 3.91. The Kier molecular flexibility index (Phi) is 11.2. The van der Waals surface area contributed by atoms with E-state index in [1.54, 1.807) is 36.9 Å². The summed E-state index contributed by atoms with van der Waals surface area (Å²) in [5.74, 6) is 2.57. The zero-order chi connectivity index (χ0) is 44.6. The van der Waals surface area contributed by atoms with Crippen molar-refractivity contribution in [2.75, 3.05) is 85.5 Å². The van der Waals surface area contributed by atoms with E-state index in [1.165, 1.54) is 0 Å². The third-order valence-electron chi connectivity index (χ3n) is 11.4. The molecule has 0 bridgehead atoms. The highest BCUT2D eigenvalue weighted by Crippen LogP contribution is 2.38. The van der Waals surface area contributed by atoms with Crippen LogP contribution in [0.2, 0.25) is 0 Å². The summed E-state index contributed by atoms with van der Waals surface area (Å²) in [7, 11) is 0. The number of nitrogen functional groups attached to an aromatic ring is 2. The van der Waals surface area contributed by atoms with Gasteiger partial charge >= 0.3 is 12.2 Å². The Bertz CT molecular complexity index is 2610. The van der Waals surface area contributed by atoms with Gasteiger partial charge in [0.15, 0.2) is 0 Å². The van der Waals surface area contributed by atoms with Crippen molar-refractivity contribution in [3.63, 3.8) is 0 Å². The van der Waals surface area contributed by atoms with E-state index in [1.807, 2.05) is 39.8 Å². The second-order valence-electron chi connectivity index (χ2n) is 16.4. The number of pyridine rings is 6. The fraction of sp³-hybridized carbons (Fsp3) is 0.364. The van der Waals surface area contributed by atoms with Crippen molar-refractivity contribution in [3.05, 3.63) is 60.2 Å². The Hall–Kier alpha value is -7.32. The zero-order valence-electron chi connectivity index (χ0n) is 35.8. The third kappa shape index (κ3) is 8.69. The first-order chi connectivity index (χ1) is 30.8. The van der Waals surface area contributed by atoms with E-state index < -0.39 is 23.4 Å². The van der Waals surface area contributed by atoms with Crippen molar-refractivity contribution in [2.24, 2.45) is 0 Å². The number of ether oxygens (including phenoxy) is 6. The molecule has 0 saturated carbocycles. The van der Waals surface area contributed by atoms with Crippen LogP contribution in [0.15, 0.2) is 49.1 Å². The van der Waals surface area contributed by atoms with E-state index in [2.05, 4.69) is 51.2 Å². The number of aromatic nitrogens is 6. The summed E-state index contributed by atoms with van der Waals surface area (Å²) in [5, 5.41) is 15.0. The summed E-state index contributed by atoms with van der Waals surface area (Å²) < 4.78 is 32.9. The molecule has 6 aromatic rings. The molecule has 10 rings (SSSR count). The molecule has 0 aliphatic carbocycles. The van der Waals surface area contributed by atoms with Gasteiger partial charge in [-0.1, -0.05) is 0 Å². The Labute approximate surface area is 367 Å². The number of hydrogen-bond acceptors (Lipinski definition) is 18. The maximum absolute atomic E-state index is 12.4. The Balaban J connectivity index is 0.000000162. The number of fused-ring (bicyclic) bond motifs is 4. The highest BCUT2D eigenvalue weighted by molar-refractivity contribution is 5.98. The molecular weight excluding hydrogens is 825 g/mol. The number of hydrogen-bond donors (Lipinski definition) is 6. The summed E-state index contributed by atoms with van der Waals surface area (Å²) in [4.78, 5) is 51.2. The van der Waals surface area contributed by atoms with Gasteiger partial charge in [-0.25, -0.2) is 39.5 Å². The molecule has 0 aromatic carbocycles. The summed E-state index contributed by atoms with van der Waals surface area (Å²) in [6.45, 7) is 12.2. The monoisotopic (exact) mass is 872 g/mol. The standard InChI is InChI=1S/2C22H24N6O4/c2*1-12-14(9-26-20-18(12)24-4-6-31-20)16-7-13-8-17(25-10-15(13)19(23)27-16)28-21(29)32-22(2)3-5-30-11-22/h2*7-10,24H,3-6,11H2,1-2H3,(H2,23,27)(H,25,28,29)/t2*22-/m10/s1. The van der Waals surface area contributed by atoms with Crippen molar-refractivity contribution in [1.29, 1.82) is 0 Å². The van der Waals surface area contributed by atoms with Gasteiger partial charge in [0.25, 0.3) is 0 Å². The lowest BCUT2D eigenvalue weighted by Gasteiger charge is -2.22. The van der Waals surface area contributed by atoms with Crippen LogP contribution in [0.1, 0.15) is 37.8 Å². The lowest BCUT2D eigenvalue weighted by atomic mass is 10.0. The zero-order valence-corrected chi connectivity index (χ0v) is 35.8. The molecule has 8 N–H and O–H groups in total. The minimum absolute atomic E-state index is 0.344. The lowest BCUT2D eigenvalue weighted by molar-refractivity contribution is 0.0235.